The third-order valence-electron chi connectivity index (χ3n) is 7.38. The molecule has 196 valence electrons. The van der Waals surface area contributed by atoms with Crippen LogP contribution in [0.25, 0.3) is 0 Å². The van der Waals surface area contributed by atoms with E-state index in [0.717, 1.165) is 43.9 Å². The fraction of sp³-hybridized carbons (Fsp3) is 0.519. The van der Waals surface area contributed by atoms with Crippen molar-refractivity contribution in [2.45, 2.75) is 38.1 Å². The third-order valence-corrected chi connectivity index (χ3v) is 9.45. The van der Waals surface area contributed by atoms with Crippen LogP contribution in [-0.4, -0.2) is 88.4 Å². The number of nitrogens with zero attached hydrogens (tertiary/aromatic N) is 4. The molecule has 0 spiro atoms. The normalized spacial score (nSPS) is 16.8. The lowest BCUT2D eigenvalue weighted by Crippen LogP contribution is -2.45. The molecule has 9 heteroatoms. The molecular formula is C27H38N4O4S. The van der Waals surface area contributed by atoms with E-state index in [1.807, 2.05) is 18.7 Å². The van der Waals surface area contributed by atoms with Gasteiger partial charge in [0.1, 0.15) is 5.75 Å². The zero-order valence-corrected chi connectivity index (χ0v) is 22.7. The van der Waals surface area contributed by atoms with Crippen molar-refractivity contribution >= 4 is 21.6 Å². The van der Waals surface area contributed by atoms with Crippen LogP contribution in [0.15, 0.2) is 41.3 Å². The summed E-state index contributed by atoms with van der Waals surface area (Å²) in [6.07, 6.45) is 1.00. The maximum Gasteiger partial charge on any atom is 0.243 e. The van der Waals surface area contributed by atoms with Crippen LogP contribution in [-0.2, 0) is 34.2 Å². The third kappa shape index (κ3) is 5.38. The molecule has 2 aliphatic rings. The van der Waals surface area contributed by atoms with Gasteiger partial charge in [-0.1, -0.05) is 26.0 Å². The second kappa shape index (κ2) is 11.2. The zero-order chi connectivity index (χ0) is 25.9. The highest BCUT2D eigenvalue weighted by atomic mass is 32.2. The van der Waals surface area contributed by atoms with Crippen LogP contribution in [0.2, 0.25) is 0 Å². The Morgan fingerprint density at radius 2 is 1.61 bits per heavy atom. The van der Waals surface area contributed by atoms with Crippen molar-refractivity contribution in [3.63, 3.8) is 0 Å². The Hall–Kier alpha value is -2.62. The van der Waals surface area contributed by atoms with Crippen molar-refractivity contribution in [3.05, 3.63) is 53.1 Å². The summed E-state index contributed by atoms with van der Waals surface area (Å²) in [7, 11) is 0.339. The minimum atomic E-state index is -3.51. The summed E-state index contributed by atoms with van der Waals surface area (Å²) < 4.78 is 32.6. The number of fused-ring (bicyclic) bond motifs is 1. The van der Waals surface area contributed by atoms with Gasteiger partial charge >= 0.3 is 0 Å². The Balaban J connectivity index is 1.50. The van der Waals surface area contributed by atoms with E-state index in [9.17, 15) is 13.2 Å². The number of ether oxygens (including phenoxy) is 1. The molecule has 0 bridgehead atoms. The van der Waals surface area contributed by atoms with Gasteiger partial charge in [-0.05, 0) is 43.3 Å². The average molecular weight is 515 g/mol. The summed E-state index contributed by atoms with van der Waals surface area (Å²) in [5.41, 5.74) is 4.39. The molecule has 8 nitrogen and oxygen atoms in total. The van der Waals surface area contributed by atoms with Crippen LogP contribution in [0.3, 0.4) is 0 Å². The number of amides is 1. The number of carbonyl (C=O) groups is 1. The maximum absolute atomic E-state index is 13.3. The van der Waals surface area contributed by atoms with Crippen LogP contribution >= 0.6 is 0 Å². The van der Waals surface area contributed by atoms with Crippen LogP contribution in [0, 0.1) is 0 Å². The first-order chi connectivity index (χ1) is 17.3. The first-order valence-electron chi connectivity index (χ1n) is 12.8. The number of likely N-dealkylation sites (N-methyl/N-ethyl adjacent to an activating group) is 1. The van der Waals surface area contributed by atoms with Crippen LogP contribution < -0.4 is 9.64 Å². The van der Waals surface area contributed by atoms with Crippen LogP contribution in [0.5, 0.6) is 5.75 Å². The van der Waals surface area contributed by atoms with Crippen molar-refractivity contribution in [2.75, 3.05) is 64.9 Å². The lowest BCUT2D eigenvalue weighted by atomic mass is 9.95. The highest BCUT2D eigenvalue weighted by molar-refractivity contribution is 7.89. The predicted molar refractivity (Wildman–Crippen MR) is 142 cm³/mol. The molecule has 0 radical (unpaired) electrons. The molecule has 2 aromatic carbocycles. The largest absolute Gasteiger partial charge is 0.496 e. The molecule has 0 unspecified atom stereocenters. The quantitative estimate of drug-likeness (QED) is 0.539. The van der Waals surface area contributed by atoms with Crippen molar-refractivity contribution in [3.8, 4) is 5.75 Å². The van der Waals surface area contributed by atoms with E-state index in [0.29, 0.717) is 26.2 Å². The highest BCUT2D eigenvalue weighted by Crippen LogP contribution is 2.36. The number of benzene rings is 2. The maximum atomic E-state index is 13.3. The molecule has 1 amide bonds. The Bertz CT molecular complexity index is 1170. The number of anilines is 1. The first kappa shape index (κ1) is 26.4. The fourth-order valence-corrected chi connectivity index (χ4v) is 6.61. The summed E-state index contributed by atoms with van der Waals surface area (Å²) in [5, 5.41) is 0. The number of piperazine rings is 1. The standard InChI is InChI=1S/C27H38N4O4S/c1-5-31(6-2)36(33,34)22-9-7-21(8-10-22)19-27(32)30-14-13-23-24(20-30)25(11-12-26(23)35-4)29-17-15-28(3)16-18-29/h7-12H,5-6,13-20H2,1-4H3. The number of hydrogen-bond donors (Lipinski definition) is 0. The number of carbonyl (C=O) groups excluding carboxylic acids is 1. The monoisotopic (exact) mass is 514 g/mol. The van der Waals surface area contributed by atoms with Crippen molar-refractivity contribution in [1.29, 1.82) is 0 Å². The Labute approximate surface area is 215 Å². The SMILES string of the molecule is CCN(CC)S(=O)(=O)c1ccc(CC(=O)N2CCc3c(OC)ccc(N4CCN(C)CC4)c3C2)cc1. The van der Waals surface area contributed by atoms with E-state index in [4.69, 9.17) is 4.74 Å². The number of sulfonamides is 1. The van der Waals surface area contributed by atoms with E-state index < -0.39 is 10.0 Å². The van der Waals surface area contributed by atoms with Crippen LogP contribution in [0.1, 0.15) is 30.5 Å². The van der Waals surface area contributed by atoms with Gasteiger partial charge in [0.05, 0.1) is 18.4 Å². The Morgan fingerprint density at radius 1 is 0.944 bits per heavy atom. The minimum absolute atomic E-state index is 0.0483. The first-order valence-corrected chi connectivity index (χ1v) is 14.2. The van der Waals surface area contributed by atoms with Gasteiger partial charge in [0, 0.05) is 69.2 Å². The summed E-state index contributed by atoms with van der Waals surface area (Å²) >= 11 is 0. The van der Waals surface area contributed by atoms with Gasteiger partial charge in [-0.25, -0.2) is 8.42 Å². The fourth-order valence-electron chi connectivity index (χ4n) is 5.15. The average Bonchev–Trinajstić information content (AvgIpc) is 2.89. The summed E-state index contributed by atoms with van der Waals surface area (Å²) in [6.45, 7) is 9.67. The topological polar surface area (TPSA) is 73.4 Å². The number of methoxy groups -OCH3 is 1. The van der Waals surface area contributed by atoms with E-state index in [1.54, 1.807) is 31.4 Å². The molecule has 1 saturated heterocycles. The van der Waals surface area contributed by atoms with Crippen molar-refractivity contribution < 1.29 is 17.9 Å². The van der Waals surface area contributed by atoms with Gasteiger partial charge in [0.25, 0.3) is 0 Å². The lowest BCUT2D eigenvalue weighted by Gasteiger charge is -2.38. The van der Waals surface area contributed by atoms with Gasteiger partial charge in [0.2, 0.25) is 15.9 Å². The second-order valence-electron chi connectivity index (χ2n) is 9.51. The summed E-state index contributed by atoms with van der Waals surface area (Å²) in [4.78, 5) is 20.2. The molecule has 2 heterocycles. The Morgan fingerprint density at radius 3 is 2.22 bits per heavy atom. The highest BCUT2D eigenvalue weighted by Gasteiger charge is 2.28. The molecule has 1 fully saturated rings. The number of rotatable bonds is 8. The van der Waals surface area contributed by atoms with E-state index in [1.165, 1.54) is 21.1 Å². The van der Waals surface area contributed by atoms with E-state index >= 15 is 0 Å². The minimum Gasteiger partial charge on any atom is -0.496 e. The molecule has 0 saturated carbocycles. The molecule has 0 aromatic heterocycles. The molecular weight excluding hydrogens is 476 g/mol. The molecule has 2 aliphatic heterocycles. The molecule has 0 N–H and O–H groups in total. The molecule has 0 atom stereocenters. The zero-order valence-electron chi connectivity index (χ0n) is 21.9. The second-order valence-corrected chi connectivity index (χ2v) is 11.4. The molecule has 2 aromatic rings. The number of hydrogen-bond acceptors (Lipinski definition) is 6. The summed E-state index contributed by atoms with van der Waals surface area (Å²) in [6, 6.07) is 10.9. The molecule has 4 rings (SSSR count). The van der Waals surface area contributed by atoms with E-state index in [2.05, 4.69) is 29.0 Å². The van der Waals surface area contributed by atoms with Gasteiger partial charge in [-0.15, -0.1) is 0 Å². The van der Waals surface area contributed by atoms with Gasteiger partial charge in [-0.2, -0.15) is 4.31 Å². The van der Waals surface area contributed by atoms with Crippen LogP contribution in [0.4, 0.5) is 5.69 Å². The van der Waals surface area contributed by atoms with Crippen molar-refractivity contribution in [1.82, 2.24) is 14.1 Å². The predicted octanol–water partition coefficient (Wildman–Crippen LogP) is 2.60. The van der Waals surface area contributed by atoms with Crippen molar-refractivity contribution in [2.24, 2.45) is 0 Å². The van der Waals surface area contributed by atoms with Gasteiger partial charge in [-0.3, -0.25) is 4.79 Å². The molecule has 0 aliphatic carbocycles. The lowest BCUT2D eigenvalue weighted by molar-refractivity contribution is -0.131. The van der Waals surface area contributed by atoms with E-state index in [-0.39, 0.29) is 17.2 Å². The smallest absolute Gasteiger partial charge is 0.243 e. The molecule has 36 heavy (non-hydrogen) atoms. The van der Waals surface area contributed by atoms with Gasteiger partial charge in [0.15, 0.2) is 0 Å². The van der Waals surface area contributed by atoms with Gasteiger partial charge < -0.3 is 19.4 Å². The summed E-state index contributed by atoms with van der Waals surface area (Å²) in [5.74, 6) is 0.937. The Kier molecular flexibility index (Phi) is 8.22.